The smallest absolute Gasteiger partial charge is 0.265 e. The first-order chi connectivity index (χ1) is 11.2. The van der Waals surface area contributed by atoms with E-state index in [2.05, 4.69) is 0 Å². The third-order valence-electron chi connectivity index (χ3n) is 3.83. The summed E-state index contributed by atoms with van der Waals surface area (Å²) in [5, 5.41) is 14.5. The Labute approximate surface area is 143 Å². The molecule has 1 unspecified atom stereocenters. The van der Waals surface area contributed by atoms with E-state index in [1.54, 1.807) is 24.3 Å². The van der Waals surface area contributed by atoms with E-state index >= 15 is 0 Å². The molecule has 5 nitrogen and oxygen atoms in total. The highest BCUT2D eigenvalue weighted by atomic mass is 35.5. The first-order valence-corrected chi connectivity index (χ1v) is 7.58. The number of aldehydes is 1. The van der Waals surface area contributed by atoms with Crippen LogP contribution in [0, 0.1) is 10.8 Å². The lowest BCUT2D eigenvalue weighted by Gasteiger charge is -2.40. The van der Waals surface area contributed by atoms with Gasteiger partial charge in [0.25, 0.3) is 5.92 Å². The van der Waals surface area contributed by atoms with Crippen LogP contribution in [0.15, 0.2) is 36.0 Å². The second kappa shape index (κ2) is 7.09. The molecular weight excluding hydrogens is 338 g/mol. The topological polar surface area (TPSA) is 94.0 Å². The molecule has 0 amide bonds. The molecule has 0 bridgehead atoms. The fourth-order valence-corrected chi connectivity index (χ4v) is 2.92. The van der Waals surface area contributed by atoms with E-state index in [1.165, 1.54) is 4.90 Å². The number of piperidine rings is 1. The van der Waals surface area contributed by atoms with Crippen LogP contribution in [0.4, 0.5) is 8.78 Å². The third-order valence-corrected chi connectivity index (χ3v) is 3.94. The van der Waals surface area contributed by atoms with Crippen LogP contribution in [0.25, 0.3) is 0 Å². The Bertz CT molecular complexity index is 688. The number of nitrogens with two attached hydrogens (primary N) is 1. The minimum Gasteiger partial charge on any atom is -0.382 e. The molecule has 0 radical (unpaired) electrons. The van der Waals surface area contributed by atoms with E-state index < -0.39 is 24.2 Å². The second-order valence-corrected chi connectivity index (χ2v) is 6.12. The van der Waals surface area contributed by atoms with Crippen molar-refractivity contribution in [1.82, 2.24) is 4.90 Å². The van der Waals surface area contributed by atoms with Crippen LogP contribution in [0.3, 0.4) is 0 Å². The first-order valence-electron chi connectivity index (χ1n) is 7.20. The van der Waals surface area contributed by atoms with Gasteiger partial charge in [-0.2, -0.15) is 0 Å². The average Bonchev–Trinajstić information content (AvgIpc) is 2.50. The van der Waals surface area contributed by atoms with E-state index in [0.717, 1.165) is 6.08 Å². The van der Waals surface area contributed by atoms with Crippen molar-refractivity contribution in [2.75, 3.05) is 13.1 Å². The van der Waals surface area contributed by atoms with Gasteiger partial charge in [-0.3, -0.25) is 15.6 Å². The Morgan fingerprint density at radius 1 is 1.33 bits per heavy atom. The number of carbonyl (C=O) groups is 1. The van der Waals surface area contributed by atoms with Gasteiger partial charge < -0.3 is 10.6 Å². The van der Waals surface area contributed by atoms with Crippen molar-refractivity contribution in [3.05, 3.63) is 47.2 Å². The van der Waals surface area contributed by atoms with Gasteiger partial charge in [-0.1, -0.05) is 35.9 Å². The summed E-state index contributed by atoms with van der Waals surface area (Å²) >= 11 is 5.50. The summed E-state index contributed by atoms with van der Waals surface area (Å²) in [4.78, 5) is 12.0. The number of hydrogen-bond acceptors (Lipinski definition) is 4. The molecule has 1 atom stereocenters. The number of nitrogens with zero attached hydrogens (tertiary/aromatic N) is 1. The van der Waals surface area contributed by atoms with Crippen LogP contribution >= 0.6 is 11.6 Å². The van der Waals surface area contributed by atoms with Crippen molar-refractivity contribution in [1.29, 1.82) is 10.8 Å². The fourth-order valence-electron chi connectivity index (χ4n) is 2.81. The number of hydrogen-bond donors (Lipinski definition) is 3. The van der Waals surface area contributed by atoms with Gasteiger partial charge in [0.2, 0.25) is 0 Å². The first kappa shape index (κ1) is 18.1. The van der Waals surface area contributed by atoms with Crippen molar-refractivity contribution in [2.24, 2.45) is 5.73 Å². The molecule has 128 valence electrons. The Balaban J connectivity index is 2.32. The summed E-state index contributed by atoms with van der Waals surface area (Å²) in [7, 11) is 0. The summed E-state index contributed by atoms with van der Waals surface area (Å²) in [5.74, 6) is -3.90. The maximum Gasteiger partial charge on any atom is 0.265 e. The van der Waals surface area contributed by atoms with Gasteiger partial charge >= 0.3 is 0 Å². The van der Waals surface area contributed by atoms with Gasteiger partial charge in [-0.25, -0.2) is 8.78 Å². The minimum absolute atomic E-state index is 0.00360. The van der Waals surface area contributed by atoms with Crippen LogP contribution in [0.5, 0.6) is 0 Å². The van der Waals surface area contributed by atoms with Crippen LogP contribution in [0.1, 0.15) is 28.3 Å². The van der Waals surface area contributed by atoms with E-state index in [1.807, 2.05) is 0 Å². The molecule has 0 aliphatic carbocycles. The fraction of sp³-hybridized carbons (Fsp3) is 0.312. The lowest BCUT2D eigenvalue weighted by atomic mass is 9.88. The van der Waals surface area contributed by atoms with Gasteiger partial charge in [-0.15, -0.1) is 0 Å². The summed E-state index contributed by atoms with van der Waals surface area (Å²) in [5.41, 5.74) is 6.61. The Kier molecular flexibility index (Phi) is 5.33. The highest BCUT2D eigenvalue weighted by Gasteiger charge is 2.41. The molecule has 1 aromatic carbocycles. The largest absolute Gasteiger partial charge is 0.382 e. The predicted molar refractivity (Wildman–Crippen MR) is 89.3 cm³/mol. The zero-order chi connectivity index (χ0) is 17.9. The zero-order valence-corrected chi connectivity index (χ0v) is 13.5. The lowest BCUT2D eigenvalue weighted by molar-refractivity contribution is -0.0613. The number of likely N-dealkylation sites (tertiary alicyclic amines) is 1. The Morgan fingerprint density at radius 2 is 1.96 bits per heavy atom. The number of amidine groups is 1. The van der Waals surface area contributed by atoms with Gasteiger partial charge in [0.05, 0.1) is 12.2 Å². The van der Waals surface area contributed by atoms with Gasteiger partial charge in [0.15, 0.2) is 0 Å². The number of nitrogens with one attached hydrogen (secondary N) is 2. The Hall–Kier alpha value is -2.28. The summed E-state index contributed by atoms with van der Waals surface area (Å²) < 4.78 is 28.3. The third kappa shape index (κ3) is 4.38. The lowest BCUT2D eigenvalue weighted by Crippen LogP contribution is -2.47. The van der Waals surface area contributed by atoms with Crippen molar-refractivity contribution < 1.29 is 13.6 Å². The number of halogens is 3. The van der Waals surface area contributed by atoms with Crippen molar-refractivity contribution >= 4 is 28.9 Å². The molecule has 1 saturated heterocycles. The number of allylic oxidation sites excluding steroid dienone is 1. The molecule has 4 N–H and O–H groups in total. The standard InChI is InChI=1S/C16H17ClF2N4O/c17-14(20)5-13(15(21)22)23-7-12(6-16(18,19)9-23)11-3-1-10(8-24)2-4-11/h1-5,8,12,20H,6-7,9H2,(H3,21,22)/b13-5+,20-14?. The van der Waals surface area contributed by atoms with Crippen molar-refractivity contribution in [3.63, 3.8) is 0 Å². The predicted octanol–water partition coefficient (Wildman–Crippen LogP) is 2.96. The molecule has 24 heavy (non-hydrogen) atoms. The average molecular weight is 355 g/mol. The van der Waals surface area contributed by atoms with E-state index in [0.29, 0.717) is 17.4 Å². The maximum absolute atomic E-state index is 14.2. The quantitative estimate of drug-likeness (QED) is 0.431. The summed E-state index contributed by atoms with van der Waals surface area (Å²) in [6.45, 7) is -0.378. The van der Waals surface area contributed by atoms with Gasteiger partial charge in [0, 0.05) is 30.5 Å². The van der Waals surface area contributed by atoms with E-state index in [-0.39, 0.29) is 23.8 Å². The highest BCUT2D eigenvalue weighted by Crippen LogP contribution is 2.37. The maximum atomic E-state index is 14.2. The second-order valence-electron chi connectivity index (χ2n) is 5.71. The van der Waals surface area contributed by atoms with E-state index in [9.17, 15) is 13.6 Å². The number of carbonyl (C=O) groups excluding carboxylic acids is 1. The molecule has 1 aliphatic rings. The monoisotopic (exact) mass is 354 g/mol. The molecule has 2 rings (SSSR count). The van der Waals surface area contributed by atoms with Crippen molar-refractivity contribution in [2.45, 2.75) is 18.3 Å². The minimum atomic E-state index is -2.98. The molecule has 8 heteroatoms. The normalized spacial score (nSPS) is 20.5. The van der Waals surface area contributed by atoms with Crippen LogP contribution in [-0.2, 0) is 0 Å². The SMILES string of the molecule is N=C(Cl)/C=C(\C(=N)N)N1CC(c2ccc(C=O)cc2)CC(F)(F)C1. The van der Waals surface area contributed by atoms with Gasteiger partial charge in [-0.05, 0) is 5.56 Å². The van der Waals surface area contributed by atoms with Crippen LogP contribution < -0.4 is 5.73 Å². The molecule has 0 aromatic heterocycles. The molecule has 1 fully saturated rings. The van der Waals surface area contributed by atoms with Crippen molar-refractivity contribution in [3.8, 4) is 0 Å². The molecule has 0 saturated carbocycles. The summed E-state index contributed by atoms with van der Waals surface area (Å²) in [6.07, 6.45) is 1.44. The summed E-state index contributed by atoms with van der Waals surface area (Å²) in [6, 6.07) is 6.45. The van der Waals surface area contributed by atoms with Crippen LogP contribution in [0.2, 0.25) is 0 Å². The van der Waals surface area contributed by atoms with Gasteiger partial charge in [0.1, 0.15) is 17.3 Å². The number of rotatable bonds is 5. The number of benzene rings is 1. The van der Waals surface area contributed by atoms with Crippen LogP contribution in [-0.4, -0.2) is 41.2 Å². The highest BCUT2D eigenvalue weighted by molar-refractivity contribution is 6.67. The van der Waals surface area contributed by atoms with E-state index in [4.69, 9.17) is 28.2 Å². The molecule has 1 aliphatic heterocycles. The zero-order valence-electron chi connectivity index (χ0n) is 12.7. The molecular formula is C16H17ClF2N4O. The molecule has 1 heterocycles. The number of alkyl halides is 2. The molecule has 0 spiro atoms. The molecule has 1 aromatic rings. The Morgan fingerprint density at radius 3 is 2.46 bits per heavy atom.